The maximum absolute atomic E-state index is 5.31. The molecule has 0 atom stereocenters. The van der Waals surface area contributed by atoms with Crippen LogP contribution in [-0.2, 0) is 6.54 Å². The van der Waals surface area contributed by atoms with Crippen LogP contribution >= 0.6 is 0 Å². The summed E-state index contributed by atoms with van der Waals surface area (Å²) < 4.78 is 7.16. The fourth-order valence-electron chi connectivity index (χ4n) is 0.803. The largest absolute Gasteiger partial charge is 0.477 e. The number of rotatable bonds is 4. The molecule has 3 nitrogen and oxygen atoms in total. The minimum absolute atomic E-state index is 0.730. The van der Waals surface area contributed by atoms with Crippen LogP contribution in [0.25, 0.3) is 0 Å². The van der Waals surface area contributed by atoms with E-state index in [9.17, 15) is 0 Å². The average molecular weight is 154 g/mol. The number of aryl methyl sites for hydroxylation is 1. The van der Waals surface area contributed by atoms with Gasteiger partial charge >= 0.3 is 0 Å². The van der Waals surface area contributed by atoms with E-state index in [1.54, 1.807) is 0 Å². The summed E-state index contributed by atoms with van der Waals surface area (Å²) in [6, 6.07) is 1.89. The van der Waals surface area contributed by atoms with Crippen molar-refractivity contribution in [3.8, 4) is 5.88 Å². The summed E-state index contributed by atoms with van der Waals surface area (Å²) >= 11 is 0. The highest BCUT2D eigenvalue weighted by molar-refractivity contribution is 5.05. The van der Waals surface area contributed by atoms with Crippen molar-refractivity contribution < 1.29 is 4.74 Å². The summed E-state index contributed by atoms with van der Waals surface area (Å²) in [6.45, 7) is 5.78. The normalized spacial score (nSPS) is 10.0. The van der Waals surface area contributed by atoms with Gasteiger partial charge in [0.25, 0.3) is 0 Å². The smallest absolute Gasteiger partial charge is 0.232 e. The van der Waals surface area contributed by atoms with E-state index >= 15 is 0 Å². The van der Waals surface area contributed by atoms with Crippen molar-refractivity contribution >= 4 is 0 Å². The number of nitrogens with zero attached hydrogens (tertiary/aromatic N) is 2. The van der Waals surface area contributed by atoms with Crippen LogP contribution in [0.2, 0.25) is 0 Å². The Morgan fingerprint density at radius 3 is 2.91 bits per heavy atom. The Morgan fingerprint density at radius 2 is 2.36 bits per heavy atom. The third-order valence-electron chi connectivity index (χ3n) is 1.39. The highest BCUT2D eigenvalue weighted by Crippen LogP contribution is 2.05. The van der Waals surface area contributed by atoms with Gasteiger partial charge in [-0.15, -0.1) is 5.10 Å². The van der Waals surface area contributed by atoms with Crippen molar-refractivity contribution in [1.29, 1.82) is 0 Å². The maximum Gasteiger partial charge on any atom is 0.232 e. The Bertz CT molecular complexity index is 208. The van der Waals surface area contributed by atoms with Crippen LogP contribution in [0.1, 0.15) is 20.3 Å². The lowest BCUT2D eigenvalue weighted by atomic mass is 10.5. The van der Waals surface area contributed by atoms with Crippen molar-refractivity contribution in [2.75, 3.05) is 6.61 Å². The zero-order chi connectivity index (χ0) is 8.10. The first-order chi connectivity index (χ1) is 5.36. The van der Waals surface area contributed by atoms with E-state index in [2.05, 4.69) is 18.9 Å². The first kappa shape index (κ1) is 8.11. The second-order valence-corrected chi connectivity index (χ2v) is 2.36. The molecule has 3 heteroatoms. The molecule has 0 saturated carbocycles. The van der Waals surface area contributed by atoms with Gasteiger partial charge in [-0.05, 0) is 13.3 Å². The Balaban J connectivity index is 2.44. The summed E-state index contributed by atoms with van der Waals surface area (Å²) in [4.78, 5) is 0. The molecule has 0 unspecified atom stereocenters. The fraction of sp³-hybridized carbons (Fsp3) is 0.625. The Labute approximate surface area is 67.0 Å². The van der Waals surface area contributed by atoms with Crippen molar-refractivity contribution in [2.24, 2.45) is 0 Å². The lowest BCUT2D eigenvalue weighted by molar-refractivity contribution is 0.301. The molecule has 0 aromatic carbocycles. The van der Waals surface area contributed by atoms with Gasteiger partial charge in [0, 0.05) is 18.8 Å². The molecule has 1 aromatic heterocycles. The molecule has 0 spiro atoms. The van der Waals surface area contributed by atoms with Crippen molar-refractivity contribution in [2.45, 2.75) is 26.8 Å². The first-order valence-electron chi connectivity index (χ1n) is 4.03. The number of hydrogen-bond donors (Lipinski definition) is 0. The van der Waals surface area contributed by atoms with Crippen molar-refractivity contribution in [3.05, 3.63) is 12.3 Å². The molecule has 0 bridgehead atoms. The summed E-state index contributed by atoms with van der Waals surface area (Å²) in [6.07, 6.45) is 2.95. The molecule has 0 amide bonds. The SMILES string of the molecule is CCCOc1ccn(CC)n1. The highest BCUT2D eigenvalue weighted by Gasteiger charge is 1.95. The molecule has 62 valence electrons. The standard InChI is InChI=1S/C8H14N2O/c1-3-7-11-8-5-6-10(4-2)9-8/h5-6H,3-4,7H2,1-2H3. The van der Waals surface area contributed by atoms with Gasteiger partial charge in [0.1, 0.15) is 0 Å². The van der Waals surface area contributed by atoms with Gasteiger partial charge in [0.2, 0.25) is 5.88 Å². The van der Waals surface area contributed by atoms with E-state index in [0.717, 1.165) is 25.5 Å². The third kappa shape index (κ3) is 2.26. The maximum atomic E-state index is 5.31. The van der Waals surface area contributed by atoms with Crippen LogP contribution in [0.5, 0.6) is 5.88 Å². The topological polar surface area (TPSA) is 27.1 Å². The molecule has 1 heterocycles. The highest BCUT2D eigenvalue weighted by atomic mass is 16.5. The molecule has 0 aliphatic rings. The minimum Gasteiger partial charge on any atom is -0.477 e. The molecular formula is C8H14N2O. The quantitative estimate of drug-likeness (QED) is 0.660. The third-order valence-corrected chi connectivity index (χ3v) is 1.39. The van der Waals surface area contributed by atoms with Crippen LogP contribution in [0.3, 0.4) is 0 Å². The lowest BCUT2D eigenvalue weighted by Gasteiger charge is -1.97. The van der Waals surface area contributed by atoms with Crippen LogP contribution < -0.4 is 4.74 Å². The van der Waals surface area contributed by atoms with E-state index < -0.39 is 0 Å². The van der Waals surface area contributed by atoms with Gasteiger partial charge < -0.3 is 4.74 Å². The molecule has 0 aliphatic carbocycles. The summed E-state index contributed by atoms with van der Waals surface area (Å²) in [5, 5.41) is 4.16. The molecule has 11 heavy (non-hydrogen) atoms. The lowest BCUT2D eigenvalue weighted by Crippen LogP contribution is -1.98. The van der Waals surface area contributed by atoms with Crippen LogP contribution in [0.4, 0.5) is 0 Å². The molecule has 0 radical (unpaired) electrons. The average Bonchev–Trinajstić information content (AvgIpc) is 2.48. The van der Waals surface area contributed by atoms with E-state index in [1.807, 2.05) is 16.9 Å². The van der Waals surface area contributed by atoms with Gasteiger partial charge in [-0.25, -0.2) is 0 Å². The van der Waals surface area contributed by atoms with E-state index in [-0.39, 0.29) is 0 Å². The molecule has 0 fully saturated rings. The van der Waals surface area contributed by atoms with Gasteiger partial charge in [0.15, 0.2) is 0 Å². The predicted molar refractivity (Wildman–Crippen MR) is 43.7 cm³/mol. The molecule has 1 aromatic rings. The van der Waals surface area contributed by atoms with Crippen LogP contribution in [-0.4, -0.2) is 16.4 Å². The second-order valence-electron chi connectivity index (χ2n) is 2.36. The van der Waals surface area contributed by atoms with E-state index in [4.69, 9.17) is 4.74 Å². The van der Waals surface area contributed by atoms with Gasteiger partial charge in [-0.3, -0.25) is 4.68 Å². The number of hydrogen-bond acceptors (Lipinski definition) is 2. The van der Waals surface area contributed by atoms with Crippen LogP contribution in [0.15, 0.2) is 12.3 Å². The van der Waals surface area contributed by atoms with Gasteiger partial charge in [-0.1, -0.05) is 6.92 Å². The number of ether oxygens (including phenoxy) is 1. The van der Waals surface area contributed by atoms with Crippen LogP contribution in [0, 0.1) is 0 Å². The fourth-order valence-corrected chi connectivity index (χ4v) is 0.803. The number of aromatic nitrogens is 2. The van der Waals surface area contributed by atoms with Gasteiger partial charge in [-0.2, -0.15) is 0 Å². The summed E-state index contributed by atoms with van der Waals surface area (Å²) in [5.74, 6) is 0.730. The Hall–Kier alpha value is -0.990. The monoisotopic (exact) mass is 154 g/mol. The van der Waals surface area contributed by atoms with E-state index in [1.165, 1.54) is 0 Å². The molecular weight excluding hydrogens is 140 g/mol. The zero-order valence-electron chi connectivity index (χ0n) is 7.08. The minimum atomic E-state index is 0.730. The van der Waals surface area contributed by atoms with Crippen molar-refractivity contribution in [1.82, 2.24) is 9.78 Å². The molecule has 0 aliphatic heterocycles. The Morgan fingerprint density at radius 1 is 1.55 bits per heavy atom. The zero-order valence-corrected chi connectivity index (χ0v) is 7.08. The molecule has 0 saturated heterocycles. The first-order valence-corrected chi connectivity index (χ1v) is 4.03. The molecule has 0 N–H and O–H groups in total. The predicted octanol–water partition coefficient (Wildman–Crippen LogP) is 1.69. The Kier molecular flexibility index (Phi) is 2.95. The second kappa shape index (κ2) is 4.01. The van der Waals surface area contributed by atoms with Crippen molar-refractivity contribution in [3.63, 3.8) is 0 Å². The van der Waals surface area contributed by atoms with E-state index in [0.29, 0.717) is 0 Å². The summed E-state index contributed by atoms with van der Waals surface area (Å²) in [5.41, 5.74) is 0. The van der Waals surface area contributed by atoms with Gasteiger partial charge in [0.05, 0.1) is 6.61 Å². The summed E-state index contributed by atoms with van der Waals surface area (Å²) in [7, 11) is 0. The molecule has 1 rings (SSSR count).